The van der Waals surface area contributed by atoms with E-state index in [1.807, 2.05) is 0 Å². The minimum absolute atomic E-state index is 0.241. The van der Waals surface area contributed by atoms with Gasteiger partial charge in [0.05, 0.1) is 10.6 Å². The predicted octanol–water partition coefficient (Wildman–Crippen LogP) is 1.48. The first-order chi connectivity index (χ1) is 9.81. The van der Waals surface area contributed by atoms with Crippen molar-refractivity contribution in [3.05, 3.63) is 40.4 Å². The largest absolute Gasteiger partial charge is 0.479 e. The average Bonchev–Trinajstić information content (AvgIpc) is 2.83. The molecule has 10 heteroatoms. The summed E-state index contributed by atoms with van der Waals surface area (Å²) in [5.74, 6) is -1.08. The Morgan fingerprint density at radius 2 is 2.24 bits per heavy atom. The number of likely N-dealkylation sites (N-methyl/N-ethyl adjacent to an activating group) is 1. The van der Waals surface area contributed by atoms with Gasteiger partial charge in [-0.1, -0.05) is 0 Å². The third-order valence-electron chi connectivity index (χ3n) is 2.87. The van der Waals surface area contributed by atoms with Gasteiger partial charge in [0, 0.05) is 13.2 Å². The first kappa shape index (κ1) is 14.6. The summed E-state index contributed by atoms with van der Waals surface area (Å²) >= 11 is 0. The minimum atomic E-state index is -3.08. The number of halogens is 2. The number of carbonyl (C=O) groups is 1. The molecule has 2 rings (SSSR count). The van der Waals surface area contributed by atoms with Crippen molar-refractivity contribution in [2.24, 2.45) is 0 Å². The van der Waals surface area contributed by atoms with Crippen LogP contribution in [0.2, 0.25) is 0 Å². The zero-order chi connectivity index (χ0) is 15.7. The lowest BCUT2D eigenvalue weighted by Crippen LogP contribution is -2.35. The van der Waals surface area contributed by atoms with E-state index in [1.165, 1.54) is 30.3 Å². The number of hydrogen-bond donors (Lipinski definition) is 1. The molecular formula is C11H10F2N4O4. The van der Waals surface area contributed by atoms with E-state index in [4.69, 9.17) is 5.11 Å². The summed E-state index contributed by atoms with van der Waals surface area (Å²) in [6.45, 7) is 0. The third kappa shape index (κ3) is 2.73. The van der Waals surface area contributed by atoms with Crippen LogP contribution in [0.15, 0.2) is 24.5 Å². The van der Waals surface area contributed by atoms with Crippen LogP contribution in [-0.4, -0.2) is 43.8 Å². The second-order valence-corrected chi connectivity index (χ2v) is 4.26. The summed E-state index contributed by atoms with van der Waals surface area (Å²) in [6.07, 6.45) is 1.82. The highest BCUT2D eigenvalue weighted by Crippen LogP contribution is 2.29. The maximum Gasteiger partial charge on any atom is 0.330 e. The number of aromatic nitrogens is 2. The zero-order valence-electron chi connectivity index (χ0n) is 10.7. The molecule has 8 nitrogen and oxygen atoms in total. The number of rotatable bonds is 4. The molecule has 1 unspecified atom stereocenters. The highest BCUT2D eigenvalue weighted by molar-refractivity contribution is 5.78. The number of allylic oxidation sites excluding steroid dienone is 2. The SMILES string of the molecule is CN1C=C(n2cc([N+](=O)[O-])c(C(F)F)n2)C=CC1C(=O)O. The van der Waals surface area contributed by atoms with Crippen LogP contribution >= 0.6 is 0 Å². The van der Waals surface area contributed by atoms with E-state index < -0.39 is 34.7 Å². The van der Waals surface area contributed by atoms with Gasteiger partial charge in [-0.3, -0.25) is 10.1 Å². The summed E-state index contributed by atoms with van der Waals surface area (Å²) in [5.41, 5.74) is -1.48. The van der Waals surface area contributed by atoms with Crippen LogP contribution in [0.5, 0.6) is 0 Å². The first-order valence-electron chi connectivity index (χ1n) is 5.68. The second kappa shape index (κ2) is 5.31. The van der Waals surface area contributed by atoms with Crippen LogP contribution < -0.4 is 0 Å². The quantitative estimate of drug-likeness (QED) is 0.667. The van der Waals surface area contributed by atoms with Crippen molar-refractivity contribution in [2.75, 3.05) is 7.05 Å². The van der Waals surface area contributed by atoms with Crippen molar-refractivity contribution < 1.29 is 23.6 Å². The highest BCUT2D eigenvalue weighted by atomic mass is 19.3. The number of hydrogen-bond acceptors (Lipinski definition) is 5. The number of alkyl halides is 2. The standard InChI is InChI=1S/C11H10F2N4O4/c1-15-4-6(2-3-7(15)11(18)19)16-5-8(17(20)21)9(14-16)10(12)13/h2-5,7,10H,1H3,(H,18,19). The van der Waals surface area contributed by atoms with Gasteiger partial charge in [-0.15, -0.1) is 0 Å². The fraction of sp³-hybridized carbons (Fsp3) is 0.273. The van der Waals surface area contributed by atoms with E-state index in [-0.39, 0.29) is 5.70 Å². The lowest BCUT2D eigenvalue weighted by molar-refractivity contribution is -0.386. The summed E-state index contributed by atoms with van der Waals surface area (Å²) < 4.78 is 26.3. The molecule has 0 spiro atoms. The van der Waals surface area contributed by atoms with E-state index in [0.29, 0.717) is 0 Å². The van der Waals surface area contributed by atoms with Crippen LogP contribution in [0.1, 0.15) is 12.1 Å². The van der Waals surface area contributed by atoms with Gasteiger partial charge < -0.3 is 10.0 Å². The van der Waals surface area contributed by atoms with Crippen LogP contribution in [0, 0.1) is 10.1 Å². The topological polar surface area (TPSA) is 102 Å². The Kier molecular flexibility index (Phi) is 3.70. The fourth-order valence-electron chi connectivity index (χ4n) is 1.86. The Labute approximate surface area is 116 Å². The molecule has 112 valence electrons. The van der Waals surface area contributed by atoms with Crippen molar-refractivity contribution in [1.82, 2.24) is 14.7 Å². The molecule has 1 N–H and O–H groups in total. The van der Waals surface area contributed by atoms with Gasteiger partial charge in [0.2, 0.25) is 5.69 Å². The fourth-order valence-corrected chi connectivity index (χ4v) is 1.86. The number of aliphatic carboxylic acids is 1. The molecule has 0 aromatic carbocycles. The van der Waals surface area contributed by atoms with Gasteiger partial charge in [-0.05, 0) is 12.2 Å². The van der Waals surface area contributed by atoms with Crippen LogP contribution in [0.3, 0.4) is 0 Å². The van der Waals surface area contributed by atoms with E-state index in [2.05, 4.69) is 5.10 Å². The molecule has 1 aliphatic heterocycles. The monoisotopic (exact) mass is 300 g/mol. The molecule has 1 aromatic heterocycles. The molecule has 2 heterocycles. The van der Waals surface area contributed by atoms with Crippen LogP contribution in [0.4, 0.5) is 14.5 Å². The number of carboxylic acid groups (broad SMARTS) is 1. The minimum Gasteiger partial charge on any atom is -0.479 e. The van der Waals surface area contributed by atoms with Crippen LogP contribution in [-0.2, 0) is 4.79 Å². The smallest absolute Gasteiger partial charge is 0.330 e. The average molecular weight is 300 g/mol. The third-order valence-corrected chi connectivity index (χ3v) is 2.87. The first-order valence-corrected chi connectivity index (χ1v) is 5.68. The molecule has 0 saturated heterocycles. The Morgan fingerprint density at radius 1 is 1.57 bits per heavy atom. The van der Waals surface area contributed by atoms with Crippen molar-refractivity contribution in [1.29, 1.82) is 0 Å². The molecule has 21 heavy (non-hydrogen) atoms. The molecule has 0 aliphatic carbocycles. The molecule has 1 aromatic rings. The molecule has 0 saturated carbocycles. The van der Waals surface area contributed by atoms with Gasteiger partial charge >= 0.3 is 11.7 Å². The van der Waals surface area contributed by atoms with Crippen molar-refractivity contribution in [3.63, 3.8) is 0 Å². The normalized spacial score (nSPS) is 18.0. The maximum atomic E-state index is 12.7. The van der Waals surface area contributed by atoms with Gasteiger partial charge in [0.1, 0.15) is 12.2 Å². The predicted molar refractivity (Wildman–Crippen MR) is 66.4 cm³/mol. The molecule has 0 amide bonds. The lowest BCUT2D eigenvalue weighted by atomic mass is 10.2. The lowest BCUT2D eigenvalue weighted by Gasteiger charge is -2.24. The number of nitrogens with zero attached hydrogens (tertiary/aromatic N) is 4. The molecule has 1 atom stereocenters. The number of carboxylic acids is 1. The highest BCUT2D eigenvalue weighted by Gasteiger charge is 2.28. The Morgan fingerprint density at radius 3 is 2.67 bits per heavy atom. The molecule has 1 aliphatic rings. The van der Waals surface area contributed by atoms with Crippen LogP contribution in [0.25, 0.3) is 5.70 Å². The molecule has 0 radical (unpaired) electrons. The Bertz CT molecular complexity index is 653. The van der Waals surface area contributed by atoms with Crippen molar-refractivity contribution in [2.45, 2.75) is 12.5 Å². The Hall–Kier alpha value is -2.78. The van der Waals surface area contributed by atoms with E-state index in [1.54, 1.807) is 0 Å². The van der Waals surface area contributed by atoms with Gasteiger partial charge in [-0.2, -0.15) is 5.10 Å². The Balaban J connectivity index is 2.38. The van der Waals surface area contributed by atoms with E-state index >= 15 is 0 Å². The molecule has 0 fully saturated rings. The number of nitro groups is 1. The zero-order valence-corrected chi connectivity index (χ0v) is 10.7. The van der Waals surface area contributed by atoms with E-state index in [0.717, 1.165) is 10.9 Å². The van der Waals surface area contributed by atoms with Gasteiger partial charge in [-0.25, -0.2) is 18.3 Å². The second-order valence-electron chi connectivity index (χ2n) is 4.26. The van der Waals surface area contributed by atoms with Gasteiger partial charge in [0.25, 0.3) is 6.43 Å². The maximum absolute atomic E-state index is 12.7. The molecule has 0 bridgehead atoms. The summed E-state index contributed by atoms with van der Waals surface area (Å²) in [4.78, 5) is 22.0. The van der Waals surface area contributed by atoms with Crippen molar-refractivity contribution >= 4 is 17.4 Å². The van der Waals surface area contributed by atoms with E-state index in [9.17, 15) is 23.7 Å². The molecular weight excluding hydrogens is 290 g/mol. The van der Waals surface area contributed by atoms with Crippen molar-refractivity contribution in [3.8, 4) is 0 Å². The summed E-state index contributed by atoms with van der Waals surface area (Å²) in [7, 11) is 1.48. The summed E-state index contributed by atoms with van der Waals surface area (Å²) in [5, 5.41) is 23.1. The van der Waals surface area contributed by atoms with Gasteiger partial charge in [0.15, 0.2) is 0 Å². The summed E-state index contributed by atoms with van der Waals surface area (Å²) in [6, 6.07) is -0.895.